The van der Waals surface area contributed by atoms with E-state index in [1.165, 1.54) is 28.8 Å². The highest BCUT2D eigenvalue weighted by Gasteiger charge is 2.24. The molecule has 4 heterocycles. The van der Waals surface area contributed by atoms with Crippen molar-refractivity contribution in [3.8, 4) is 23.2 Å². The van der Waals surface area contributed by atoms with Gasteiger partial charge in [-0.1, -0.05) is 11.3 Å². The zero-order chi connectivity index (χ0) is 23.8. The van der Waals surface area contributed by atoms with Gasteiger partial charge < -0.3 is 10.1 Å². The highest BCUT2D eigenvalue weighted by Crippen LogP contribution is 2.33. The number of ether oxygens (including phenoxy) is 1. The van der Waals surface area contributed by atoms with Crippen molar-refractivity contribution < 1.29 is 13.5 Å². The molecule has 0 saturated carbocycles. The summed E-state index contributed by atoms with van der Waals surface area (Å²) < 4.78 is 38.2. The van der Waals surface area contributed by atoms with Gasteiger partial charge in [-0.2, -0.15) is 5.26 Å². The number of nitriles is 1. The third kappa shape index (κ3) is 3.78. The first-order valence-corrected chi connectivity index (χ1v) is 11.1. The lowest BCUT2D eigenvalue weighted by Crippen LogP contribution is -2.30. The molecule has 1 atom stereocenters. The lowest BCUT2D eigenvalue weighted by Gasteiger charge is -2.23. The molecule has 1 aliphatic rings. The molecule has 1 aliphatic heterocycles. The normalized spacial score (nSPS) is 15.4. The number of halogens is 2. The SMILES string of the molecule is Cc1c(-c2cc(OC(C)c3c(F)cccc3F)n3c(C#N)cnc3c2)nnn1C1CCNCC1. The molecule has 0 aliphatic carbocycles. The third-order valence-electron chi connectivity index (χ3n) is 6.25. The fourth-order valence-electron chi connectivity index (χ4n) is 4.52. The molecule has 3 aromatic heterocycles. The van der Waals surface area contributed by atoms with Crippen molar-refractivity contribution in [2.24, 2.45) is 0 Å². The van der Waals surface area contributed by atoms with E-state index in [1.807, 2.05) is 11.6 Å². The molecule has 1 fully saturated rings. The third-order valence-corrected chi connectivity index (χ3v) is 6.25. The number of fused-ring (bicyclic) bond motifs is 1. The fourth-order valence-corrected chi connectivity index (χ4v) is 4.52. The van der Waals surface area contributed by atoms with Gasteiger partial charge in [0.2, 0.25) is 5.88 Å². The van der Waals surface area contributed by atoms with Crippen molar-refractivity contribution in [1.29, 1.82) is 5.26 Å². The number of aromatic nitrogens is 5. The molecule has 0 bridgehead atoms. The Bertz CT molecular complexity index is 1380. The van der Waals surface area contributed by atoms with E-state index in [-0.39, 0.29) is 23.2 Å². The van der Waals surface area contributed by atoms with Gasteiger partial charge >= 0.3 is 0 Å². The van der Waals surface area contributed by atoms with Crippen LogP contribution >= 0.6 is 0 Å². The molecule has 0 radical (unpaired) electrons. The molecule has 0 amide bonds. The minimum absolute atomic E-state index is 0.187. The topological polar surface area (TPSA) is 93.1 Å². The minimum atomic E-state index is -0.958. The number of nitrogens with one attached hydrogen (secondary N) is 1. The van der Waals surface area contributed by atoms with Gasteiger partial charge in [-0.15, -0.1) is 5.10 Å². The van der Waals surface area contributed by atoms with Crippen LogP contribution in [-0.2, 0) is 0 Å². The number of hydrogen-bond donors (Lipinski definition) is 1. The number of benzene rings is 1. The van der Waals surface area contributed by atoms with E-state index in [0.29, 0.717) is 16.9 Å². The van der Waals surface area contributed by atoms with Gasteiger partial charge in [-0.25, -0.2) is 18.4 Å². The van der Waals surface area contributed by atoms with Crippen LogP contribution in [0.4, 0.5) is 8.78 Å². The Balaban J connectivity index is 1.58. The van der Waals surface area contributed by atoms with Crippen molar-refractivity contribution in [2.45, 2.75) is 38.8 Å². The summed E-state index contributed by atoms with van der Waals surface area (Å²) in [6, 6.07) is 9.52. The highest BCUT2D eigenvalue weighted by molar-refractivity contribution is 5.68. The number of nitrogens with zero attached hydrogens (tertiary/aromatic N) is 6. The maximum absolute atomic E-state index is 14.4. The van der Waals surface area contributed by atoms with E-state index in [2.05, 4.69) is 26.7 Å². The molecular weight excluding hydrogens is 440 g/mol. The number of rotatable bonds is 5. The van der Waals surface area contributed by atoms with E-state index < -0.39 is 17.7 Å². The second-order valence-corrected chi connectivity index (χ2v) is 8.38. The quantitative estimate of drug-likeness (QED) is 0.479. The molecule has 8 nitrogen and oxygen atoms in total. The molecule has 1 aromatic carbocycles. The fraction of sp³-hybridized carbons (Fsp3) is 0.333. The van der Waals surface area contributed by atoms with E-state index in [1.54, 1.807) is 19.1 Å². The van der Waals surface area contributed by atoms with Gasteiger partial charge in [-0.3, -0.25) is 4.40 Å². The van der Waals surface area contributed by atoms with E-state index in [0.717, 1.165) is 31.6 Å². The summed E-state index contributed by atoms with van der Waals surface area (Å²) in [7, 11) is 0. The molecule has 5 rings (SSSR count). The van der Waals surface area contributed by atoms with Crippen LogP contribution in [-0.4, -0.2) is 37.5 Å². The summed E-state index contributed by atoms with van der Waals surface area (Å²) in [5, 5.41) is 21.7. The van der Waals surface area contributed by atoms with Crippen molar-refractivity contribution in [3.63, 3.8) is 0 Å². The largest absolute Gasteiger partial charge is 0.470 e. The molecule has 1 N–H and O–H groups in total. The van der Waals surface area contributed by atoms with Gasteiger partial charge in [0.25, 0.3) is 0 Å². The Hall–Kier alpha value is -3.84. The van der Waals surface area contributed by atoms with Gasteiger partial charge in [0.1, 0.15) is 40.8 Å². The maximum atomic E-state index is 14.4. The van der Waals surface area contributed by atoms with Gasteiger partial charge in [0.05, 0.1) is 23.5 Å². The van der Waals surface area contributed by atoms with E-state index in [4.69, 9.17) is 4.74 Å². The summed E-state index contributed by atoms with van der Waals surface area (Å²) in [5.74, 6) is -1.17. The van der Waals surface area contributed by atoms with Crippen molar-refractivity contribution in [2.75, 3.05) is 13.1 Å². The van der Waals surface area contributed by atoms with Gasteiger partial charge in [-0.05, 0) is 58.0 Å². The lowest BCUT2D eigenvalue weighted by atomic mass is 10.1. The first kappa shape index (κ1) is 22.0. The van der Waals surface area contributed by atoms with E-state index >= 15 is 0 Å². The van der Waals surface area contributed by atoms with Crippen LogP contribution in [0.5, 0.6) is 5.88 Å². The van der Waals surface area contributed by atoms with E-state index in [9.17, 15) is 14.0 Å². The Morgan fingerprint density at radius 2 is 1.94 bits per heavy atom. The van der Waals surface area contributed by atoms with Crippen LogP contribution in [0.15, 0.2) is 36.5 Å². The zero-order valence-corrected chi connectivity index (χ0v) is 18.8. The molecule has 174 valence electrons. The Kier molecular flexibility index (Phi) is 5.71. The van der Waals surface area contributed by atoms with Crippen molar-refractivity contribution in [1.82, 2.24) is 29.7 Å². The predicted molar refractivity (Wildman–Crippen MR) is 120 cm³/mol. The Morgan fingerprint density at radius 3 is 2.65 bits per heavy atom. The van der Waals surface area contributed by atoms with Crippen LogP contribution < -0.4 is 10.1 Å². The molecule has 1 unspecified atom stereocenters. The molecule has 1 saturated heterocycles. The monoisotopic (exact) mass is 463 g/mol. The standard InChI is InChI=1S/C24H23F2N7O/c1-14-24(30-31-33(14)17-6-8-28-9-7-17)16-10-21-29-13-18(12-27)32(21)22(11-16)34-15(2)23-19(25)4-3-5-20(23)26/h3-5,10-11,13,15,17,28H,6-9H2,1-2H3. The first-order valence-electron chi connectivity index (χ1n) is 11.1. The van der Waals surface area contributed by atoms with Crippen molar-refractivity contribution in [3.05, 3.63) is 65.1 Å². The zero-order valence-electron chi connectivity index (χ0n) is 18.8. The summed E-state index contributed by atoms with van der Waals surface area (Å²) in [6.45, 7) is 5.38. The van der Waals surface area contributed by atoms with Crippen LogP contribution in [0.1, 0.15) is 48.9 Å². The number of imidazole rings is 1. The predicted octanol–water partition coefficient (Wildman–Crippen LogP) is 4.12. The molecule has 10 heteroatoms. The Labute approximate surface area is 194 Å². The number of piperidine rings is 1. The average Bonchev–Trinajstić information content (AvgIpc) is 3.42. The average molecular weight is 463 g/mol. The number of hydrogen-bond acceptors (Lipinski definition) is 6. The number of pyridine rings is 1. The van der Waals surface area contributed by atoms with Gasteiger partial charge in [0, 0.05) is 11.6 Å². The summed E-state index contributed by atoms with van der Waals surface area (Å²) in [6.07, 6.45) is 2.41. The highest BCUT2D eigenvalue weighted by atomic mass is 19.1. The van der Waals surface area contributed by atoms with Crippen LogP contribution in [0.25, 0.3) is 16.9 Å². The van der Waals surface area contributed by atoms with Crippen LogP contribution in [0.2, 0.25) is 0 Å². The minimum Gasteiger partial charge on any atom is -0.470 e. The molecular formula is C24H23F2N7O. The summed E-state index contributed by atoms with van der Waals surface area (Å²) in [4.78, 5) is 4.33. The second-order valence-electron chi connectivity index (χ2n) is 8.38. The molecule has 4 aromatic rings. The van der Waals surface area contributed by atoms with Crippen LogP contribution in [0.3, 0.4) is 0 Å². The van der Waals surface area contributed by atoms with Gasteiger partial charge in [0.15, 0.2) is 0 Å². The summed E-state index contributed by atoms with van der Waals surface area (Å²) >= 11 is 0. The first-order chi connectivity index (χ1) is 16.5. The second kappa shape index (κ2) is 8.83. The maximum Gasteiger partial charge on any atom is 0.201 e. The lowest BCUT2D eigenvalue weighted by molar-refractivity contribution is 0.204. The summed E-state index contributed by atoms with van der Waals surface area (Å²) in [5.41, 5.74) is 2.78. The van der Waals surface area contributed by atoms with Crippen LogP contribution in [0, 0.1) is 29.9 Å². The molecule has 34 heavy (non-hydrogen) atoms. The smallest absolute Gasteiger partial charge is 0.201 e. The molecule has 0 spiro atoms. The Morgan fingerprint density at radius 1 is 1.21 bits per heavy atom. The van der Waals surface area contributed by atoms with Crippen molar-refractivity contribution >= 4 is 5.65 Å².